The van der Waals surface area contributed by atoms with Crippen molar-refractivity contribution in [1.29, 1.82) is 0 Å². The Morgan fingerprint density at radius 3 is 2.47 bits per heavy atom. The number of carbonyl (C=O) groups is 1. The second kappa shape index (κ2) is 8.58. The summed E-state index contributed by atoms with van der Waals surface area (Å²) in [5.74, 6) is 0.0320. The third-order valence-electron chi connectivity index (χ3n) is 4.60. The molecule has 0 bridgehead atoms. The second-order valence-electron chi connectivity index (χ2n) is 6.91. The number of hydrogen-bond donors (Lipinski definition) is 1. The Hall–Kier alpha value is -4.07. The minimum absolute atomic E-state index is 0.000947. The molecule has 1 N–H and O–H groups in total. The lowest BCUT2D eigenvalue weighted by Gasteiger charge is -2.11. The van der Waals surface area contributed by atoms with Crippen LogP contribution in [0.4, 0.5) is 18.9 Å². The van der Waals surface area contributed by atoms with Crippen LogP contribution in [0.1, 0.15) is 5.56 Å². The van der Waals surface area contributed by atoms with Gasteiger partial charge in [0.1, 0.15) is 17.1 Å². The fourth-order valence-electron chi connectivity index (χ4n) is 3.09. The molecular formula is C24H16F3NO4. The number of rotatable bonds is 5. The maximum absolute atomic E-state index is 12.8. The van der Waals surface area contributed by atoms with Gasteiger partial charge in [-0.25, -0.2) is 0 Å². The third-order valence-corrected chi connectivity index (χ3v) is 4.60. The Morgan fingerprint density at radius 1 is 0.938 bits per heavy atom. The third kappa shape index (κ3) is 4.80. The minimum atomic E-state index is -4.51. The van der Waals surface area contributed by atoms with Crippen LogP contribution in [0.2, 0.25) is 0 Å². The highest BCUT2D eigenvalue weighted by Gasteiger charge is 2.30. The van der Waals surface area contributed by atoms with Gasteiger partial charge in [-0.3, -0.25) is 9.59 Å². The van der Waals surface area contributed by atoms with Crippen LogP contribution in [0.3, 0.4) is 0 Å². The predicted octanol–water partition coefficient (Wildman–Crippen LogP) is 5.50. The van der Waals surface area contributed by atoms with E-state index in [1.165, 1.54) is 30.3 Å². The van der Waals surface area contributed by atoms with Crippen molar-refractivity contribution in [1.82, 2.24) is 0 Å². The molecule has 4 rings (SSSR count). The van der Waals surface area contributed by atoms with Crippen LogP contribution in [-0.4, -0.2) is 12.5 Å². The average molecular weight is 439 g/mol. The number of amides is 1. The van der Waals surface area contributed by atoms with Gasteiger partial charge in [0.15, 0.2) is 12.0 Å². The van der Waals surface area contributed by atoms with E-state index in [-0.39, 0.29) is 22.3 Å². The van der Waals surface area contributed by atoms with Gasteiger partial charge in [0.25, 0.3) is 5.91 Å². The molecule has 4 aromatic rings. The molecule has 1 aromatic heterocycles. The molecule has 0 fully saturated rings. The van der Waals surface area contributed by atoms with E-state index in [9.17, 15) is 22.8 Å². The summed E-state index contributed by atoms with van der Waals surface area (Å²) in [5, 5.41) is 2.63. The topological polar surface area (TPSA) is 68.5 Å². The zero-order valence-electron chi connectivity index (χ0n) is 16.5. The Morgan fingerprint density at radius 2 is 1.72 bits per heavy atom. The van der Waals surface area contributed by atoms with Gasteiger partial charge in [0, 0.05) is 17.3 Å². The molecule has 5 nitrogen and oxygen atoms in total. The van der Waals surface area contributed by atoms with Crippen molar-refractivity contribution < 1.29 is 27.1 Å². The SMILES string of the molecule is O=C(COc1ccc2oc(-c3ccccc3)cc(=O)c2c1)Nc1cccc(C(F)(F)F)c1. The molecule has 1 heterocycles. The summed E-state index contributed by atoms with van der Waals surface area (Å²) in [7, 11) is 0. The minimum Gasteiger partial charge on any atom is -0.484 e. The standard InChI is InChI=1S/C24H16F3NO4/c25-24(26,27)16-7-4-8-17(11-16)28-23(30)14-31-18-9-10-21-19(12-18)20(29)13-22(32-21)15-5-2-1-3-6-15/h1-13H,14H2,(H,28,30). The smallest absolute Gasteiger partial charge is 0.416 e. The quantitative estimate of drug-likeness (QED) is 0.446. The first-order chi connectivity index (χ1) is 15.3. The first kappa shape index (κ1) is 21.2. The van der Waals surface area contributed by atoms with Crippen molar-refractivity contribution >= 4 is 22.6 Å². The molecule has 8 heteroatoms. The van der Waals surface area contributed by atoms with Gasteiger partial charge in [-0.2, -0.15) is 13.2 Å². The second-order valence-corrected chi connectivity index (χ2v) is 6.91. The molecule has 0 saturated heterocycles. The molecule has 1 amide bonds. The summed E-state index contributed by atoms with van der Waals surface area (Å²) in [6.07, 6.45) is -4.51. The normalized spacial score (nSPS) is 11.3. The highest BCUT2D eigenvalue weighted by Crippen LogP contribution is 2.30. The van der Waals surface area contributed by atoms with Crippen molar-refractivity contribution in [3.8, 4) is 17.1 Å². The van der Waals surface area contributed by atoms with E-state index in [2.05, 4.69) is 5.32 Å². The predicted molar refractivity (Wildman–Crippen MR) is 113 cm³/mol. The van der Waals surface area contributed by atoms with E-state index >= 15 is 0 Å². The van der Waals surface area contributed by atoms with Crippen LogP contribution < -0.4 is 15.5 Å². The number of anilines is 1. The molecule has 0 unspecified atom stereocenters. The van der Waals surface area contributed by atoms with Gasteiger partial charge in [-0.15, -0.1) is 0 Å². The van der Waals surface area contributed by atoms with E-state index in [1.807, 2.05) is 30.3 Å². The van der Waals surface area contributed by atoms with E-state index in [0.717, 1.165) is 17.7 Å². The lowest BCUT2D eigenvalue weighted by Crippen LogP contribution is -2.20. The largest absolute Gasteiger partial charge is 0.484 e. The maximum atomic E-state index is 12.8. The number of hydrogen-bond acceptors (Lipinski definition) is 4. The Kier molecular flexibility index (Phi) is 5.68. The van der Waals surface area contributed by atoms with E-state index in [4.69, 9.17) is 9.15 Å². The Bertz CT molecular complexity index is 1330. The number of alkyl halides is 3. The van der Waals surface area contributed by atoms with Gasteiger partial charge >= 0.3 is 6.18 Å². The zero-order chi connectivity index (χ0) is 22.7. The van der Waals surface area contributed by atoms with Gasteiger partial charge in [-0.05, 0) is 36.4 Å². The van der Waals surface area contributed by atoms with Crippen molar-refractivity contribution in [2.75, 3.05) is 11.9 Å². The molecule has 0 saturated carbocycles. The van der Waals surface area contributed by atoms with Crippen LogP contribution in [-0.2, 0) is 11.0 Å². The summed E-state index contributed by atoms with van der Waals surface area (Å²) < 4.78 is 49.6. The van der Waals surface area contributed by atoms with Crippen LogP contribution in [0.15, 0.2) is 88.1 Å². The molecule has 0 aliphatic heterocycles. The number of halogens is 3. The maximum Gasteiger partial charge on any atom is 0.416 e. The molecule has 0 aliphatic carbocycles. The van der Waals surface area contributed by atoms with Crippen molar-refractivity contribution in [2.45, 2.75) is 6.18 Å². The van der Waals surface area contributed by atoms with Crippen LogP contribution >= 0.6 is 0 Å². The first-order valence-corrected chi connectivity index (χ1v) is 9.53. The lowest BCUT2D eigenvalue weighted by atomic mass is 10.1. The number of ether oxygens (including phenoxy) is 1. The molecular weight excluding hydrogens is 423 g/mol. The number of nitrogens with one attached hydrogen (secondary N) is 1. The molecule has 32 heavy (non-hydrogen) atoms. The zero-order valence-corrected chi connectivity index (χ0v) is 16.5. The van der Waals surface area contributed by atoms with E-state index in [0.29, 0.717) is 11.3 Å². The first-order valence-electron chi connectivity index (χ1n) is 9.53. The Balaban J connectivity index is 1.46. The van der Waals surface area contributed by atoms with Crippen molar-refractivity contribution in [3.05, 3.63) is 94.6 Å². The van der Waals surface area contributed by atoms with Gasteiger partial charge < -0.3 is 14.5 Å². The molecule has 162 valence electrons. The fourth-order valence-corrected chi connectivity index (χ4v) is 3.09. The summed E-state index contributed by atoms with van der Waals surface area (Å²) in [6.45, 7) is -0.449. The fraction of sp³-hybridized carbons (Fsp3) is 0.0833. The van der Waals surface area contributed by atoms with Crippen LogP contribution in [0.25, 0.3) is 22.3 Å². The highest BCUT2D eigenvalue weighted by atomic mass is 19.4. The van der Waals surface area contributed by atoms with Crippen LogP contribution in [0, 0.1) is 0 Å². The monoisotopic (exact) mass is 439 g/mol. The summed E-state index contributed by atoms with van der Waals surface area (Å²) >= 11 is 0. The van der Waals surface area contributed by atoms with Crippen molar-refractivity contribution in [2.24, 2.45) is 0 Å². The molecule has 0 radical (unpaired) electrons. The average Bonchev–Trinajstić information content (AvgIpc) is 2.78. The molecule has 0 spiro atoms. The molecule has 0 aliphatic rings. The summed E-state index contributed by atoms with van der Waals surface area (Å²) in [4.78, 5) is 24.6. The number of benzene rings is 3. The molecule has 0 atom stereocenters. The van der Waals surface area contributed by atoms with E-state index < -0.39 is 24.3 Å². The van der Waals surface area contributed by atoms with Gasteiger partial charge in [0.2, 0.25) is 0 Å². The summed E-state index contributed by atoms with van der Waals surface area (Å²) in [6, 6.07) is 19.4. The van der Waals surface area contributed by atoms with Gasteiger partial charge in [-0.1, -0.05) is 36.4 Å². The van der Waals surface area contributed by atoms with E-state index in [1.54, 1.807) is 6.07 Å². The Labute approximate surface area is 180 Å². The highest BCUT2D eigenvalue weighted by molar-refractivity contribution is 5.92. The van der Waals surface area contributed by atoms with Crippen LogP contribution in [0.5, 0.6) is 5.75 Å². The lowest BCUT2D eigenvalue weighted by molar-refractivity contribution is -0.137. The summed E-state index contributed by atoms with van der Waals surface area (Å²) in [5.41, 5.74) is -0.0208. The van der Waals surface area contributed by atoms with Crippen molar-refractivity contribution in [3.63, 3.8) is 0 Å². The number of fused-ring (bicyclic) bond motifs is 1. The molecule has 3 aromatic carbocycles. The van der Waals surface area contributed by atoms with Gasteiger partial charge in [0.05, 0.1) is 10.9 Å². The number of carbonyl (C=O) groups excluding carboxylic acids is 1.